The number of likely N-dealkylation sites (N-methyl/N-ethyl adjacent to an activating group) is 1. The van der Waals surface area contributed by atoms with E-state index >= 15 is 4.39 Å². The Bertz CT molecular complexity index is 2060. The standard InChI is InChI=1S/C38H42FN7O5/c1-23(47)51-22-31-30(14-26(39)15-34(31)46-11-10-45-33-7-5-4-6-24(33)13-35(45)38(46)49)25-12-32(37(48)42(2)17-25)41-36-9-8-27(16-40-36)44-18-28-20-50-21-29(19-44)43(28)3/h8-9,12-17,28-29H,4-7,10-11,18-22H2,1-3H3,(H,40,41). The molecular formula is C38H42FN7O5. The first-order valence-electron chi connectivity index (χ1n) is 17.6. The van der Waals surface area contributed by atoms with E-state index in [9.17, 15) is 14.4 Å². The molecule has 12 nitrogen and oxygen atoms in total. The van der Waals surface area contributed by atoms with Crippen molar-refractivity contribution in [1.82, 2.24) is 19.0 Å². The minimum atomic E-state index is -0.556. The molecule has 13 heteroatoms. The molecule has 0 saturated carbocycles. The number of rotatable bonds is 7. The van der Waals surface area contributed by atoms with Crippen molar-refractivity contribution in [2.75, 3.05) is 55.0 Å². The minimum absolute atomic E-state index is 0.184. The number of fused-ring (bicyclic) bond motifs is 5. The second-order valence-electron chi connectivity index (χ2n) is 14.0. The van der Waals surface area contributed by atoms with Crippen LogP contribution in [0.2, 0.25) is 0 Å². The number of morpholine rings is 1. The molecule has 1 amide bonds. The summed E-state index contributed by atoms with van der Waals surface area (Å²) < 4.78 is 30.4. The number of pyridine rings is 2. The molecule has 2 fully saturated rings. The van der Waals surface area contributed by atoms with Crippen LogP contribution in [0.3, 0.4) is 0 Å². The third-order valence-corrected chi connectivity index (χ3v) is 10.8. The maximum Gasteiger partial charge on any atom is 0.302 e. The van der Waals surface area contributed by atoms with Gasteiger partial charge in [-0.1, -0.05) is 0 Å². The summed E-state index contributed by atoms with van der Waals surface area (Å²) in [6, 6.07) is 10.8. The summed E-state index contributed by atoms with van der Waals surface area (Å²) >= 11 is 0. The van der Waals surface area contributed by atoms with Gasteiger partial charge >= 0.3 is 5.97 Å². The van der Waals surface area contributed by atoms with Gasteiger partial charge in [-0.3, -0.25) is 19.3 Å². The van der Waals surface area contributed by atoms with Gasteiger partial charge in [-0.15, -0.1) is 0 Å². The Balaban J connectivity index is 1.12. The van der Waals surface area contributed by atoms with Crippen molar-refractivity contribution in [2.24, 2.45) is 7.05 Å². The summed E-state index contributed by atoms with van der Waals surface area (Å²) in [5.41, 5.74) is 5.67. The lowest BCUT2D eigenvalue weighted by atomic mass is 9.97. The molecule has 2 saturated heterocycles. The Kier molecular flexibility index (Phi) is 8.63. The number of aromatic nitrogens is 3. The molecule has 2 bridgehead atoms. The monoisotopic (exact) mass is 695 g/mol. The van der Waals surface area contributed by atoms with E-state index in [0.29, 0.717) is 72.3 Å². The predicted molar refractivity (Wildman–Crippen MR) is 191 cm³/mol. The van der Waals surface area contributed by atoms with E-state index in [1.807, 2.05) is 18.2 Å². The van der Waals surface area contributed by atoms with Gasteiger partial charge in [-0.2, -0.15) is 0 Å². The van der Waals surface area contributed by atoms with Gasteiger partial charge in [0.2, 0.25) is 0 Å². The molecule has 3 aliphatic heterocycles. The van der Waals surface area contributed by atoms with Crippen molar-refractivity contribution in [1.29, 1.82) is 0 Å². The van der Waals surface area contributed by atoms with Crippen LogP contribution in [0.15, 0.2) is 53.6 Å². The highest BCUT2D eigenvalue weighted by Crippen LogP contribution is 2.37. The Morgan fingerprint density at radius 2 is 1.82 bits per heavy atom. The van der Waals surface area contributed by atoms with Crippen LogP contribution < -0.4 is 20.7 Å². The number of ether oxygens (including phenoxy) is 2. The summed E-state index contributed by atoms with van der Waals surface area (Å²) in [5.74, 6) is -0.801. The molecule has 1 aliphatic carbocycles. The van der Waals surface area contributed by atoms with E-state index in [2.05, 4.69) is 31.7 Å². The van der Waals surface area contributed by atoms with Gasteiger partial charge in [-0.05, 0) is 80.3 Å². The van der Waals surface area contributed by atoms with E-state index in [1.54, 1.807) is 30.4 Å². The lowest BCUT2D eigenvalue weighted by Crippen LogP contribution is -2.63. The first kappa shape index (κ1) is 33.2. The molecule has 6 heterocycles. The van der Waals surface area contributed by atoms with Gasteiger partial charge in [-0.25, -0.2) is 9.37 Å². The molecule has 2 unspecified atom stereocenters. The summed E-state index contributed by atoms with van der Waals surface area (Å²) in [6.45, 7) is 5.14. The van der Waals surface area contributed by atoms with Gasteiger partial charge < -0.3 is 33.7 Å². The molecule has 2 atom stereocenters. The van der Waals surface area contributed by atoms with E-state index in [1.165, 1.54) is 34.9 Å². The second-order valence-corrected chi connectivity index (χ2v) is 14.0. The fourth-order valence-electron chi connectivity index (χ4n) is 8.08. The van der Waals surface area contributed by atoms with E-state index in [4.69, 9.17) is 9.47 Å². The Morgan fingerprint density at radius 3 is 2.57 bits per heavy atom. The summed E-state index contributed by atoms with van der Waals surface area (Å²) in [7, 11) is 3.77. The predicted octanol–water partition coefficient (Wildman–Crippen LogP) is 4.25. The number of hydrogen-bond donors (Lipinski definition) is 1. The van der Waals surface area contributed by atoms with Gasteiger partial charge in [0, 0.05) is 63.2 Å². The molecule has 4 aliphatic rings. The van der Waals surface area contributed by atoms with E-state index in [0.717, 1.165) is 44.5 Å². The number of benzene rings is 1. The SMILES string of the molecule is CC(=O)OCc1c(-c2cc(Nc3ccc(N4CC5COCC(C4)N5C)cn3)c(=O)n(C)c2)cc(F)cc1N1CCn2c(cc3c2CCCC3)C1=O. The molecule has 0 radical (unpaired) electrons. The highest BCUT2D eigenvalue weighted by atomic mass is 19.1. The van der Waals surface area contributed by atoms with Crippen LogP contribution in [0.1, 0.15) is 47.1 Å². The van der Waals surface area contributed by atoms with Crippen molar-refractivity contribution in [3.8, 4) is 11.1 Å². The molecule has 4 aromatic rings. The molecule has 0 spiro atoms. The van der Waals surface area contributed by atoms with Crippen molar-refractivity contribution < 1.29 is 23.5 Å². The highest BCUT2D eigenvalue weighted by Gasteiger charge is 2.36. The topological polar surface area (TPSA) is 114 Å². The van der Waals surface area contributed by atoms with Crippen molar-refractivity contribution in [3.63, 3.8) is 0 Å². The lowest BCUT2D eigenvalue weighted by Gasteiger charge is -2.48. The number of nitrogens with zero attached hydrogens (tertiary/aromatic N) is 6. The summed E-state index contributed by atoms with van der Waals surface area (Å²) in [6.07, 6.45) is 7.50. The fraction of sp³-hybridized carbons (Fsp3) is 0.421. The number of halogens is 1. The number of carbonyl (C=O) groups is 2. The zero-order valence-electron chi connectivity index (χ0n) is 29.2. The van der Waals surface area contributed by atoms with Crippen LogP contribution in [0, 0.1) is 5.82 Å². The molecule has 3 aromatic heterocycles. The van der Waals surface area contributed by atoms with Crippen LogP contribution in [0.25, 0.3) is 11.1 Å². The number of aryl methyl sites for hydroxylation is 2. The maximum atomic E-state index is 15.6. The third kappa shape index (κ3) is 6.18. The van der Waals surface area contributed by atoms with Crippen molar-refractivity contribution in [2.45, 2.75) is 57.8 Å². The normalized spacial score (nSPS) is 20.2. The maximum absolute atomic E-state index is 15.6. The van der Waals surface area contributed by atoms with Crippen molar-refractivity contribution in [3.05, 3.63) is 87.5 Å². The quantitative estimate of drug-likeness (QED) is 0.284. The summed E-state index contributed by atoms with van der Waals surface area (Å²) in [5, 5.41) is 3.17. The average Bonchev–Trinajstić information content (AvgIpc) is 3.49. The smallest absolute Gasteiger partial charge is 0.302 e. The molecule has 1 N–H and O–H groups in total. The Hall–Kier alpha value is -5.01. The van der Waals surface area contributed by atoms with Gasteiger partial charge in [0.25, 0.3) is 11.5 Å². The third-order valence-electron chi connectivity index (χ3n) is 10.8. The first-order valence-corrected chi connectivity index (χ1v) is 17.6. The van der Waals surface area contributed by atoms with E-state index in [-0.39, 0.29) is 23.8 Å². The lowest BCUT2D eigenvalue weighted by molar-refractivity contribution is -0.142. The van der Waals surface area contributed by atoms with Gasteiger partial charge in [0.15, 0.2) is 0 Å². The number of carbonyl (C=O) groups excluding carboxylic acids is 2. The molecule has 266 valence electrons. The first-order chi connectivity index (χ1) is 24.6. The Labute approximate surface area is 295 Å². The fourth-order valence-corrected chi connectivity index (χ4v) is 8.08. The second kappa shape index (κ2) is 13.3. The summed E-state index contributed by atoms with van der Waals surface area (Å²) in [4.78, 5) is 50.4. The Morgan fingerprint density at radius 1 is 1.04 bits per heavy atom. The minimum Gasteiger partial charge on any atom is -0.461 e. The van der Waals surface area contributed by atoms with Crippen molar-refractivity contribution >= 4 is 34.8 Å². The zero-order chi connectivity index (χ0) is 35.4. The highest BCUT2D eigenvalue weighted by molar-refractivity contribution is 6.07. The van der Waals surface area contributed by atoms with Gasteiger partial charge in [0.05, 0.1) is 42.9 Å². The average molecular weight is 696 g/mol. The van der Waals surface area contributed by atoms with Crippen LogP contribution in [0.5, 0.6) is 0 Å². The number of amides is 1. The van der Waals surface area contributed by atoms with Crippen LogP contribution in [0.4, 0.5) is 27.3 Å². The number of piperazine rings is 1. The van der Waals surface area contributed by atoms with Crippen LogP contribution in [-0.2, 0) is 47.3 Å². The number of hydrogen-bond acceptors (Lipinski definition) is 9. The number of esters is 1. The van der Waals surface area contributed by atoms with Crippen LogP contribution in [-0.4, -0.2) is 82.9 Å². The molecular weight excluding hydrogens is 653 g/mol. The zero-order valence-corrected chi connectivity index (χ0v) is 29.2. The molecule has 51 heavy (non-hydrogen) atoms. The molecule has 8 rings (SSSR count). The van der Waals surface area contributed by atoms with E-state index < -0.39 is 11.8 Å². The number of anilines is 4. The largest absolute Gasteiger partial charge is 0.461 e. The van der Waals surface area contributed by atoms with Gasteiger partial charge in [0.1, 0.15) is 29.6 Å². The molecule has 1 aromatic carbocycles. The van der Waals surface area contributed by atoms with Crippen LogP contribution >= 0.6 is 0 Å². The number of nitrogens with one attached hydrogen (secondary N) is 1.